The van der Waals surface area contributed by atoms with Gasteiger partial charge in [-0.25, -0.2) is 9.37 Å². The van der Waals surface area contributed by atoms with Crippen molar-refractivity contribution in [1.29, 1.82) is 0 Å². The summed E-state index contributed by atoms with van der Waals surface area (Å²) < 4.78 is 20.4. The second kappa shape index (κ2) is 11.8. The Kier molecular flexibility index (Phi) is 8.53. The summed E-state index contributed by atoms with van der Waals surface area (Å²) in [6, 6.07) is 25.9. The average Bonchev–Trinajstić information content (AvgIpc) is 2.86. The molecule has 0 saturated carbocycles. The van der Waals surface area contributed by atoms with E-state index in [2.05, 4.69) is 77.4 Å². The van der Waals surface area contributed by atoms with E-state index in [9.17, 15) is 4.39 Å². The largest absolute Gasteiger partial charge is 0.481 e. The molecule has 0 aliphatic carbocycles. The number of nitrogens with zero attached hydrogens (tertiary/aromatic N) is 2. The van der Waals surface area contributed by atoms with Crippen molar-refractivity contribution in [2.24, 2.45) is 5.92 Å². The van der Waals surface area contributed by atoms with Crippen LogP contribution in [0.3, 0.4) is 0 Å². The van der Waals surface area contributed by atoms with E-state index in [-0.39, 0.29) is 11.7 Å². The van der Waals surface area contributed by atoms with Crippen molar-refractivity contribution < 1.29 is 9.13 Å². The van der Waals surface area contributed by atoms with Gasteiger partial charge in [0.2, 0.25) is 5.88 Å². The molecule has 3 aromatic carbocycles. The fourth-order valence-corrected chi connectivity index (χ4v) is 5.18. The molecule has 5 heteroatoms. The van der Waals surface area contributed by atoms with Crippen molar-refractivity contribution in [3.8, 4) is 5.88 Å². The van der Waals surface area contributed by atoms with Gasteiger partial charge in [0, 0.05) is 21.3 Å². The maximum Gasteiger partial charge on any atom is 0.217 e. The highest BCUT2D eigenvalue weighted by molar-refractivity contribution is 9.10. The molecule has 0 fully saturated rings. The van der Waals surface area contributed by atoms with Crippen LogP contribution >= 0.6 is 15.9 Å². The first-order chi connectivity index (χ1) is 16.9. The number of ether oxygens (including phenoxy) is 1. The number of pyridine rings is 1. The first-order valence-corrected chi connectivity index (χ1v) is 12.8. The van der Waals surface area contributed by atoms with Gasteiger partial charge >= 0.3 is 0 Å². The standard InChI is InChI=1S/C30H32BrFN2O/c1-34(2)18-17-23(12-9-21-10-14-26(32)15-11-21)29(22-7-5-4-6-8-22)27-20-24-19-25(31)13-16-28(24)33-30(27)35-3/h4-8,10-11,13-16,19-20,23,29H,9,12,17-18H2,1-3H3. The number of rotatable bonds is 10. The number of aromatic nitrogens is 1. The topological polar surface area (TPSA) is 25.4 Å². The van der Waals surface area contributed by atoms with Crippen LogP contribution in [0.5, 0.6) is 5.88 Å². The molecule has 0 aliphatic rings. The highest BCUT2D eigenvalue weighted by Gasteiger charge is 2.28. The highest BCUT2D eigenvalue weighted by atomic mass is 79.9. The van der Waals surface area contributed by atoms with E-state index in [0.29, 0.717) is 11.8 Å². The number of aryl methyl sites for hydroxylation is 1. The molecule has 0 radical (unpaired) electrons. The minimum absolute atomic E-state index is 0.113. The van der Waals surface area contributed by atoms with E-state index in [0.717, 1.165) is 52.3 Å². The number of methoxy groups -OCH3 is 1. The van der Waals surface area contributed by atoms with Crippen molar-refractivity contribution >= 4 is 26.8 Å². The van der Waals surface area contributed by atoms with Gasteiger partial charge in [-0.15, -0.1) is 0 Å². The van der Waals surface area contributed by atoms with Crippen LogP contribution < -0.4 is 4.74 Å². The number of benzene rings is 3. The van der Waals surface area contributed by atoms with Crippen LogP contribution in [-0.4, -0.2) is 37.6 Å². The summed E-state index contributed by atoms with van der Waals surface area (Å²) in [6.45, 7) is 0.978. The van der Waals surface area contributed by atoms with Crippen LogP contribution in [0, 0.1) is 11.7 Å². The SMILES string of the molecule is COc1nc2ccc(Br)cc2cc1C(c1ccccc1)C(CCc1ccc(F)cc1)CCN(C)C. The molecule has 0 saturated heterocycles. The lowest BCUT2D eigenvalue weighted by Crippen LogP contribution is -2.23. The second-order valence-corrected chi connectivity index (χ2v) is 10.2. The Morgan fingerprint density at radius 3 is 2.37 bits per heavy atom. The molecule has 35 heavy (non-hydrogen) atoms. The molecule has 1 aromatic heterocycles. The highest BCUT2D eigenvalue weighted by Crippen LogP contribution is 2.41. The molecule has 0 aliphatic heterocycles. The summed E-state index contributed by atoms with van der Waals surface area (Å²) in [4.78, 5) is 7.13. The molecule has 2 atom stereocenters. The lowest BCUT2D eigenvalue weighted by molar-refractivity contribution is 0.314. The Morgan fingerprint density at radius 1 is 0.943 bits per heavy atom. The van der Waals surface area contributed by atoms with Crippen molar-refractivity contribution in [2.75, 3.05) is 27.7 Å². The Labute approximate surface area is 216 Å². The van der Waals surface area contributed by atoms with E-state index < -0.39 is 0 Å². The number of fused-ring (bicyclic) bond motifs is 1. The lowest BCUT2D eigenvalue weighted by Gasteiger charge is -2.30. The number of hydrogen-bond acceptors (Lipinski definition) is 3. The third-order valence-electron chi connectivity index (χ3n) is 6.59. The Hall–Kier alpha value is -2.76. The lowest BCUT2D eigenvalue weighted by atomic mass is 9.76. The van der Waals surface area contributed by atoms with E-state index in [4.69, 9.17) is 9.72 Å². The van der Waals surface area contributed by atoms with Gasteiger partial charge in [0.25, 0.3) is 0 Å². The van der Waals surface area contributed by atoms with Crippen LogP contribution in [0.4, 0.5) is 4.39 Å². The van der Waals surface area contributed by atoms with Crippen molar-refractivity contribution in [2.45, 2.75) is 25.2 Å². The Bertz CT molecular complexity index is 1240. The third kappa shape index (κ3) is 6.47. The molecule has 4 aromatic rings. The molecule has 0 N–H and O–H groups in total. The Morgan fingerprint density at radius 2 is 1.69 bits per heavy atom. The van der Waals surface area contributed by atoms with Crippen molar-refractivity contribution in [3.05, 3.63) is 106 Å². The van der Waals surface area contributed by atoms with Gasteiger partial charge in [0.1, 0.15) is 5.82 Å². The maximum absolute atomic E-state index is 13.5. The summed E-state index contributed by atoms with van der Waals surface area (Å²) in [7, 11) is 5.93. The van der Waals surface area contributed by atoms with E-state index in [1.807, 2.05) is 24.3 Å². The molecular weight excluding hydrogens is 503 g/mol. The molecule has 4 rings (SSSR count). The molecule has 0 bridgehead atoms. The van der Waals surface area contributed by atoms with E-state index in [1.165, 1.54) is 5.56 Å². The molecular formula is C30H32BrFN2O. The van der Waals surface area contributed by atoms with Gasteiger partial charge in [0.15, 0.2) is 0 Å². The minimum Gasteiger partial charge on any atom is -0.481 e. The van der Waals surface area contributed by atoms with Crippen LogP contribution in [0.1, 0.15) is 35.4 Å². The zero-order valence-electron chi connectivity index (χ0n) is 20.5. The first kappa shape index (κ1) is 25.3. The number of hydrogen-bond donors (Lipinski definition) is 0. The summed E-state index contributed by atoms with van der Waals surface area (Å²) >= 11 is 3.61. The molecule has 3 nitrogen and oxygen atoms in total. The second-order valence-electron chi connectivity index (χ2n) is 9.33. The predicted octanol–water partition coefficient (Wildman–Crippen LogP) is 7.48. The van der Waals surface area contributed by atoms with Gasteiger partial charge in [-0.1, -0.05) is 58.4 Å². The van der Waals surface area contributed by atoms with Gasteiger partial charge in [0.05, 0.1) is 12.6 Å². The predicted molar refractivity (Wildman–Crippen MR) is 146 cm³/mol. The first-order valence-electron chi connectivity index (χ1n) is 12.0. The Balaban J connectivity index is 1.79. The summed E-state index contributed by atoms with van der Waals surface area (Å²) in [5.41, 5.74) is 4.43. The van der Waals surface area contributed by atoms with Crippen LogP contribution in [0.15, 0.2) is 83.3 Å². The van der Waals surface area contributed by atoms with E-state index >= 15 is 0 Å². The fourth-order valence-electron chi connectivity index (χ4n) is 4.80. The number of halogens is 2. The van der Waals surface area contributed by atoms with Crippen LogP contribution in [-0.2, 0) is 6.42 Å². The quantitative estimate of drug-likeness (QED) is 0.211. The smallest absolute Gasteiger partial charge is 0.217 e. The van der Waals surface area contributed by atoms with Gasteiger partial charge in [-0.05, 0) is 93.3 Å². The summed E-state index contributed by atoms with van der Waals surface area (Å²) in [5.74, 6) is 0.927. The van der Waals surface area contributed by atoms with Crippen LogP contribution in [0.25, 0.3) is 10.9 Å². The summed E-state index contributed by atoms with van der Waals surface area (Å²) in [6.07, 6.45) is 2.88. The third-order valence-corrected chi connectivity index (χ3v) is 7.09. The van der Waals surface area contributed by atoms with Gasteiger partial charge in [-0.2, -0.15) is 0 Å². The zero-order chi connectivity index (χ0) is 24.8. The van der Waals surface area contributed by atoms with Crippen LogP contribution in [0.2, 0.25) is 0 Å². The molecule has 0 spiro atoms. The molecule has 2 unspecified atom stereocenters. The average molecular weight is 536 g/mol. The normalized spacial score (nSPS) is 13.2. The van der Waals surface area contributed by atoms with Crippen molar-refractivity contribution in [3.63, 3.8) is 0 Å². The minimum atomic E-state index is -0.196. The monoisotopic (exact) mass is 534 g/mol. The molecule has 1 heterocycles. The van der Waals surface area contributed by atoms with Gasteiger partial charge < -0.3 is 9.64 Å². The summed E-state index contributed by atoms with van der Waals surface area (Å²) in [5, 5.41) is 1.08. The van der Waals surface area contributed by atoms with Crippen molar-refractivity contribution in [1.82, 2.24) is 9.88 Å². The maximum atomic E-state index is 13.5. The fraction of sp³-hybridized carbons (Fsp3) is 0.300. The zero-order valence-corrected chi connectivity index (χ0v) is 22.1. The molecule has 0 amide bonds. The van der Waals surface area contributed by atoms with Gasteiger partial charge in [-0.3, -0.25) is 0 Å². The molecule has 182 valence electrons. The van der Waals surface area contributed by atoms with E-state index in [1.54, 1.807) is 19.2 Å².